The molecule has 4 aliphatic rings. The quantitative estimate of drug-likeness (QED) is 0.528. The van der Waals surface area contributed by atoms with E-state index in [9.17, 15) is 4.39 Å². The molecule has 0 radical (unpaired) electrons. The van der Waals surface area contributed by atoms with E-state index in [0.717, 1.165) is 76.9 Å². The molecule has 6 nitrogen and oxygen atoms in total. The van der Waals surface area contributed by atoms with Gasteiger partial charge in [-0.25, -0.2) is 4.39 Å². The standard InChI is InChI=1S/C30H39FN2O4/c31-27-10-8-25(9-11-27)29(34-20-21-35-29)13-3-14-32-16-18-33(19-17-32)15-12-26-7-6-24-4-1-2-5-28(24)30(26)36-22-23-37-30/h1-2,4-5,8-11,26H,3,6-7,12-23H2. The minimum absolute atomic E-state index is 0.235. The molecule has 1 aliphatic carbocycles. The normalized spacial score (nSPS) is 25.5. The van der Waals surface area contributed by atoms with Gasteiger partial charge in [-0.1, -0.05) is 36.4 Å². The van der Waals surface area contributed by atoms with E-state index < -0.39 is 11.6 Å². The van der Waals surface area contributed by atoms with Crippen molar-refractivity contribution in [1.82, 2.24) is 9.80 Å². The van der Waals surface area contributed by atoms with Gasteiger partial charge >= 0.3 is 0 Å². The Labute approximate surface area is 219 Å². The lowest BCUT2D eigenvalue weighted by Crippen LogP contribution is -2.48. The first-order valence-electron chi connectivity index (χ1n) is 14.0. The molecule has 37 heavy (non-hydrogen) atoms. The number of halogens is 1. The summed E-state index contributed by atoms with van der Waals surface area (Å²) < 4.78 is 38.1. The van der Waals surface area contributed by atoms with Crippen LogP contribution in [0.25, 0.3) is 0 Å². The number of hydrogen-bond donors (Lipinski definition) is 0. The van der Waals surface area contributed by atoms with Crippen LogP contribution in [0.15, 0.2) is 48.5 Å². The van der Waals surface area contributed by atoms with Crippen molar-refractivity contribution in [2.75, 3.05) is 65.7 Å². The number of benzene rings is 2. The third kappa shape index (κ3) is 5.22. The van der Waals surface area contributed by atoms with Crippen LogP contribution in [0.5, 0.6) is 0 Å². The second-order valence-electron chi connectivity index (χ2n) is 10.8. The summed E-state index contributed by atoms with van der Waals surface area (Å²) in [6.07, 6.45) is 5.09. The van der Waals surface area contributed by atoms with Crippen molar-refractivity contribution in [3.63, 3.8) is 0 Å². The molecule has 3 fully saturated rings. The fourth-order valence-electron chi connectivity index (χ4n) is 6.70. The fraction of sp³-hybridized carbons (Fsp3) is 0.600. The van der Waals surface area contributed by atoms with Crippen molar-refractivity contribution in [3.8, 4) is 0 Å². The molecule has 1 spiro atoms. The van der Waals surface area contributed by atoms with Crippen molar-refractivity contribution in [2.24, 2.45) is 5.92 Å². The highest BCUT2D eigenvalue weighted by Gasteiger charge is 2.49. The minimum atomic E-state index is -0.728. The van der Waals surface area contributed by atoms with E-state index in [4.69, 9.17) is 18.9 Å². The third-order valence-electron chi connectivity index (χ3n) is 8.69. The molecule has 2 aromatic rings. The Bertz CT molecular complexity index is 1030. The summed E-state index contributed by atoms with van der Waals surface area (Å²) >= 11 is 0. The second kappa shape index (κ2) is 11.1. The summed E-state index contributed by atoms with van der Waals surface area (Å²) in [6.45, 7) is 8.98. The van der Waals surface area contributed by atoms with E-state index in [1.54, 1.807) is 12.1 Å². The average molecular weight is 511 g/mol. The maximum Gasteiger partial charge on any atom is 0.198 e. The lowest BCUT2D eigenvalue weighted by molar-refractivity contribution is -0.213. The van der Waals surface area contributed by atoms with E-state index in [2.05, 4.69) is 34.1 Å². The maximum atomic E-state index is 13.4. The molecule has 0 N–H and O–H groups in total. The molecule has 0 bridgehead atoms. The number of hydrogen-bond acceptors (Lipinski definition) is 6. The summed E-state index contributed by atoms with van der Waals surface area (Å²) in [6, 6.07) is 15.2. The Kier molecular flexibility index (Phi) is 7.61. The molecule has 1 unspecified atom stereocenters. The molecule has 0 saturated carbocycles. The van der Waals surface area contributed by atoms with Gasteiger partial charge in [-0.2, -0.15) is 0 Å². The molecule has 6 rings (SSSR count). The number of piperazine rings is 1. The van der Waals surface area contributed by atoms with Gasteiger partial charge in [-0.3, -0.25) is 0 Å². The molecular formula is C30H39FN2O4. The number of fused-ring (bicyclic) bond motifs is 2. The Morgan fingerprint density at radius 2 is 1.43 bits per heavy atom. The fourth-order valence-corrected chi connectivity index (χ4v) is 6.70. The first kappa shape index (κ1) is 25.4. The third-order valence-corrected chi connectivity index (χ3v) is 8.69. The number of rotatable bonds is 8. The lowest BCUT2D eigenvalue weighted by atomic mass is 9.77. The molecule has 3 heterocycles. The van der Waals surface area contributed by atoms with Gasteiger partial charge in [0, 0.05) is 49.6 Å². The molecule has 1 atom stereocenters. The highest BCUT2D eigenvalue weighted by atomic mass is 19.1. The van der Waals surface area contributed by atoms with Crippen molar-refractivity contribution in [3.05, 3.63) is 71.0 Å². The van der Waals surface area contributed by atoms with E-state index >= 15 is 0 Å². The van der Waals surface area contributed by atoms with Crippen LogP contribution in [0.2, 0.25) is 0 Å². The molecular weight excluding hydrogens is 471 g/mol. The SMILES string of the molecule is Fc1ccc(C2(CCCN3CCN(CCC4CCc5ccccc5C45OCCO5)CC3)OCCO2)cc1. The average Bonchev–Trinajstić information content (AvgIpc) is 3.61. The minimum Gasteiger partial charge on any atom is -0.343 e. The number of nitrogens with zero attached hydrogens (tertiary/aromatic N) is 2. The van der Waals surface area contributed by atoms with Gasteiger partial charge in [-0.05, 0) is 56.5 Å². The van der Waals surface area contributed by atoms with E-state index in [1.807, 2.05) is 0 Å². The smallest absolute Gasteiger partial charge is 0.198 e. The first-order chi connectivity index (χ1) is 18.2. The van der Waals surface area contributed by atoms with Gasteiger partial charge in [-0.15, -0.1) is 0 Å². The van der Waals surface area contributed by atoms with Gasteiger partial charge < -0.3 is 28.7 Å². The predicted octanol–water partition coefficient (Wildman–Crippen LogP) is 4.28. The topological polar surface area (TPSA) is 43.4 Å². The Morgan fingerprint density at radius 1 is 0.784 bits per heavy atom. The predicted molar refractivity (Wildman–Crippen MR) is 139 cm³/mol. The van der Waals surface area contributed by atoms with Crippen LogP contribution >= 0.6 is 0 Å². The zero-order chi connectivity index (χ0) is 25.1. The molecule has 7 heteroatoms. The van der Waals surface area contributed by atoms with Crippen molar-refractivity contribution >= 4 is 0 Å². The highest BCUT2D eigenvalue weighted by Crippen LogP contribution is 2.47. The van der Waals surface area contributed by atoms with Gasteiger partial charge in [0.1, 0.15) is 5.82 Å². The molecule has 3 aliphatic heterocycles. The monoisotopic (exact) mass is 510 g/mol. The molecule has 0 aromatic heterocycles. The first-order valence-corrected chi connectivity index (χ1v) is 14.0. The van der Waals surface area contributed by atoms with E-state index in [0.29, 0.717) is 32.3 Å². The molecule has 0 amide bonds. The highest BCUT2D eigenvalue weighted by molar-refractivity contribution is 5.34. The summed E-state index contributed by atoms with van der Waals surface area (Å²) in [5.74, 6) is -1.10. The van der Waals surface area contributed by atoms with E-state index in [-0.39, 0.29) is 5.82 Å². The number of aryl methyl sites for hydroxylation is 1. The van der Waals surface area contributed by atoms with Gasteiger partial charge in [0.05, 0.1) is 26.4 Å². The zero-order valence-electron chi connectivity index (χ0n) is 21.7. The molecule has 200 valence electrons. The zero-order valence-corrected chi connectivity index (χ0v) is 21.7. The summed E-state index contributed by atoms with van der Waals surface area (Å²) in [5, 5.41) is 0. The Balaban J connectivity index is 0.974. The number of ether oxygens (including phenoxy) is 4. The van der Waals surface area contributed by atoms with Gasteiger partial charge in [0.2, 0.25) is 0 Å². The summed E-state index contributed by atoms with van der Waals surface area (Å²) in [7, 11) is 0. The second-order valence-corrected chi connectivity index (χ2v) is 10.8. The summed E-state index contributed by atoms with van der Waals surface area (Å²) in [5.41, 5.74) is 3.54. The van der Waals surface area contributed by atoms with E-state index in [1.165, 1.54) is 23.3 Å². The van der Waals surface area contributed by atoms with Crippen LogP contribution in [0.3, 0.4) is 0 Å². The Hall–Kier alpha value is -1.87. The van der Waals surface area contributed by atoms with Crippen LogP contribution in [-0.4, -0.2) is 75.5 Å². The molecule has 2 aromatic carbocycles. The largest absolute Gasteiger partial charge is 0.343 e. The van der Waals surface area contributed by atoms with Crippen LogP contribution in [-0.2, 0) is 36.9 Å². The van der Waals surface area contributed by atoms with Gasteiger partial charge in [0.15, 0.2) is 11.6 Å². The van der Waals surface area contributed by atoms with Crippen LogP contribution in [0.1, 0.15) is 42.4 Å². The van der Waals surface area contributed by atoms with Crippen molar-refractivity contribution in [2.45, 2.75) is 43.7 Å². The molecule has 3 saturated heterocycles. The lowest BCUT2D eigenvalue weighted by Gasteiger charge is -2.42. The van der Waals surface area contributed by atoms with Crippen molar-refractivity contribution in [1.29, 1.82) is 0 Å². The van der Waals surface area contributed by atoms with Crippen molar-refractivity contribution < 1.29 is 23.3 Å². The Morgan fingerprint density at radius 3 is 2.16 bits per heavy atom. The van der Waals surface area contributed by atoms with Crippen LogP contribution in [0, 0.1) is 11.7 Å². The van der Waals surface area contributed by atoms with Gasteiger partial charge in [0.25, 0.3) is 0 Å². The maximum absolute atomic E-state index is 13.4. The summed E-state index contributed by atoms with van der Waals surface area (Å²) in [4.78, 5) is 5.15. The van der Waals surface area contributed by atoms with Crippen LogP contribution < -0.4 is 0 Å². The van der Waals surface area contributed by atoms with Crippen LogP contribution in [0.4, 0.5) is 4.39 Å².